The zero-order valence-electron chi connectivity index (χ0n) is 14.2. The van der Waals surface area contributed by atoms with E-state index in [2.05, 4.69) is 4.99 Å². The van der Waals surface area contributed by atoms with Gasteiger partial charge in [0.15, 0.2) is 0 Å². The second-order valence-electron chi connectivity index (χ2n) is 5.08. The molecule has 0 saturated heterocycles. The van der Waals surface area contributed by atoms with Crippen LogP contribution in [0.15, 0.2) is 35.3 Å². The molecule has 0 aliphatic heterocycles. The van der Waals surface area contributed by atoms with E-state index in [-0.39, 0.29) is 11.1 Å². The zero-order valence-corrected chi connectivity index (χ0v) is 14.2. The molecule has 0 N–H and O–H groups in total. The summed E-state index contributed by atoms with van der Waals surface area (Å²) in [5.41, 5.74) is 2.47. The SMILES string of the molecule is C/C=N\c1cc(-c2c(F)cccc2OC)c(C(=O)OC)cc1CC. The highest BCUT2D eigenvalue weighted by molar-refractivity contribution is 5.99. The highest BCUT2D eigenvalue weighted by Gasteiger charge is 2.21. The van der Waals surface area contributed by atoms with Crippen LogP contribution in [0.3, 0.4) is 0 Å². The number of aryl methyl sites for hydroxylation is 1. The third-order valence-corrected chi connectivity index (χ3v) is 3.74. The Kier molecular flexibility index (Phi) is 5.68. The van der Waals surface area contributed by atoms with E-state index in [4.69, 9.17) is 9.47 Å². The molecule has 2 aromatic rings. The molecule has 0 heterocycles. The van der Waals surface area contributed by atoms with Gasteiger partial charge in [-0.2, -0.15) is 0 Å². The van der Waals surface area contributed by atoms with Crippen molar-refractivity contribution >= 4 is 17.9 Å². The molecule has 0 aliphatic rings. The Hall–Kier alpha value is -2.69. The normalized spacial score (nSPS) is 10.9. The average molecular weight is 329 g/mol. The number of nitrogens with zero attached hydrogens (tertiary/aromatic N) is 1. The number of halogens is 1. The number of ether oxygens (including phenoxy) is 2. The lowest BCUT2D eigenvalue weighted by molar-refractivity contribution is 0.0601. The summed E-state index contributed by atoms with van der Waals surface area (Å²) in [6.07, 6.45) is 2.35. The van der Waals surface area contributed by atoms with E-state index in [0.29, 0.717) is 23.4 Å². The van der Waals surface area contributed by atoms with Crippen molar-refractivity contribution in [1.82, 2.24) is 0 Å². The molecule has 126 valence electrons. The van der Waals surface area contributed by atoms with Gasteiger partial charge in [-0.15, -0.1) is 0 Å². The number of hydrogen-bond acceptors (Lipinski definition) is 4. The molecule has 2 rings (SSSR count). The minimum absolute atomic E-state index is 0.218. The van der Waals surface area contributed by atoms with Crippen molar-refractivity contribution < 1.29 is 18.7 Å². The first kappa shape index (κ1) is 17.7. The topological polar surface area (TPSA) is 47.9 Å². The summed E-state index contributed by atoms with van der Waals surface area (Å²) in [7, 11) is 2.76. The van der Waals surface area contributed by atoms with Crippen molar-refractivity contribution in [2.45, 2.75) is 20.3 Å². The fourth-order valence-corrected chi connectivity index (χ4v) is 2.60. The molecule has 0 bridgehead atoms. The zero-order chi connectivity index (χ0) is 17.7. The molecule has 0 amide bonds. The summed E-state index contributed by atoms with van der Waals surface area (Å²) in [5, 5.41) is 0. The van der Waals surface area contributed by atoms with Crippen LogP contribution >= 0.6 is 0 Å². The van der Waals surface area contributed by atoms with Gasteiger partial charge in [-0.25, -0.2) is 9.18 Å². The van der Waals surface area contributed by atoms with E-state index in [9.17, 15) is 9.18 Å². The number of carbonyl (C=O) groups is 1. The maximum atomic E-state index is 14.5. The van der Waals surface area contributed by atoms with Crippen molar-refractivity contribution in [1.29, 1.82) is 0 Å². The molecule has 0 atom stereocenters. The first-order chi connectivity index (χ1) is 11.6. The Morgan fingerprint density at radius 1 is 1.29 bits per heavy atom. The quantitative estimate of drug-likeness (QED) is 0.596. The molecule has 0 fully saturated rings. The number of hydrogen-bond donors (Lipinski definition) is 0. The number of carbonyl (C=O) groups excluding carboxylic acids is 1. The molecule has 0 spiro atoms. The predicted molar refractivity (Wildman–Crippen MR) is 92.9 cm³/mol. The van der Waals surface area contributed by atoms with E-state index in [0.717, 1.165) is 5.56 Å². The Morgan fingerprint density at radius 3 is 2.62 bits per heavy atom. The summed E-state index contributed by atoms with van der Waals surface area (Å²) >= 11 is 0. The van der Waals surface area contributed by atoms with E-state index in [1.54, 1.807) is 37.4 Å². The third kappa shape index (κ3) is 3.30. The van der Waals surface area contributed by atoms with Gasteiger partial charge in [0, 0.05) is 11.8 Å². The van der Waals surface area contributed by atoms with Gasteiger partial charge in [-0.05, 0) is 43.2 Å². The van der Waals surface area contributed by atoms with Gasteiger partial charge in [-0.3, -0.25) is 4.99 Å². The van der Waals surface area contributed by atoms with E-state index < -0.39 is 11.8 Å². The van der Waals surface area contributed by atoms with Crippen molar-refractivity contribution in [3.8, 4) is 16.9 Å². The molecule has 4 nitrogen and oxygen atoms in total. The summed E-state index contributed by atoms with van der Waals surface area (Å²) in [5.74, 6) is -0.664. The second-order valence-corrected chi connectivity index (χ2v) is 5.08. The minimum atomic E-state index is -0.531. The van der Waals surface area contributed by atoms with Crippen LogP contribution in [0.1, 0.15) is 29.8 Å². The third-order valence-electron chi connectivity index (χ3n) is 3.74. The van der Waals surface area contributed by atoms with E-state index in [1.165, 1.54) is 20.3 Å². The Labute approximate surface area is 140 Å². The Bertz CT molecular complexity index is 784. The molecule has 5 heteroatoms. The van der Waals surface area contributed by atoms with E-state index in [1.807, 2.05) is 6.92 Å². The molecule has 0 radical (unpaired) electrons. The monoisotopic (exact) mass is 329 g/mol. The molecule has 0 saturated carbocycles. The fourth-order valence-electron chi connectivity index (χ4n) is 2.60. The lowest BCUT2D eigenvalue weighted by Gasteiger charge is -2.15. The molecule has 0 aliphatic carbocycles. The first-order valence-electron chi connectivity index (χ1n) is 7.64. The van der Waals surface area contributed by atoms with Gasteiger partial charge in [0.25, 0.3) is 0 Å². The summed E-state index contributed by atoms with van der Waals surface area (Å²) in [4.78, 5) is 16.6. The Morgan fingerprint density at radius 2 is 2.04 bits per heavy atom. The number of esters is 1. The van der Waals surface area contributed by atoms with Crippen molar-refractivity contribution in [2.24, 2.45) is 4.99 Å². The van der Waals surface area contributed by atoms with Crippen LogP contribution in [-0.4, -0.2) is 26.4 Å². The van der Waals surface area contributed by atoms with Crippen LogP contribution in [0.2, 0.25) is 0 Å². The number of rotatable bonds is 5. The summed E-state index contributed by atoms with van der Waals surface area (Å²) < 4.78 is 24.6. The van der Waals surface area contributed by atoms with Gasteiger partial charge >= 0.3 is 5.97 Å². The second kappa shape index (κ2) is 7.73. The maximum absolute atomic E-state index is 14.5. The predicted octanol–water partition coefficient (Wildman–Crippen LogP) is 4.57. The smallest absolute Gasteiger partial charge is 0.338 e. The highest BCUT2D eigenvalue weighted by Crippen LogP contribution is 2.38. The number of benzene rings is 2. The summed E-state index contributed by atoms with van der Waals surface area (Å²) in [6.45, 7) is 3.77. The highest BCUT2D eigenvalue weighted by atomic mass is 19.1. The van der Waals surface area contributed by atoms with Crippen molar-refractivity contribution in [3.05, 3.63) is 47.3 Å². The van der Waals surface area contributed by atoms with Crippen LogP contribution in [0, 0.1) is 5.82 Å². The fraction of sp³-hybridized carbons (Fsp3) is 0.263. The maximum Gasteiger partial charge on any atom is 0.338 e. The molecule has 2 aromatic carbocycles. The van der Waals surface area contributed by atoms with E-state index >= 15 is 0 Å². The van der Waals surface area contributed by atoms with Crippen molar-refractivity contribution in [2.75, 3.05) is 14.2 Å². The molecule has 0 unspecified atom stereocenters. The Balaban J connectivity index is 2.85. The van der Waals surface area contributed by atoms with Gasteiger partial charge in [-0.1, -0.05) is 13.0 Å². The van der Waals surface area contributed by atoms with Crippen LogP contribution in [0.5, 0.6) is 5.75 Å². The lowest BCUT2D eigenvalue weighted by Crippen LogP contribution is -2.06. The van der Waals surface area contributed by atoms with Crippen molar-refractivity contribution in [3.63, 3.8) is 0 Å². The number of methoxy groups -OCH3 is 2. The first-order valence-corrected chi connectivity index (χ1v) is 7.64. The van der Waals surface area contributed by atoms with Crippen LogP contribution in [0.25, 0.3) is 11.1 Å². The van der Waals surface area contributed by atoms with Gasteiger partial charge < -0.3 is 9.47 Å². The van der Waals surface area contributed by atoms with Crippen LogP contribution < -0.4 is 4.74 Å². The van der Waals surface area contributed by atoms with Gasteiger partial charge in [0.2, 0.25) is 0 Å². The van der Waals surface area contributed by atoms with Gasteiger partial charge in [0.1, 0.15) is 11.6 Å². The molecule has 24 heavy (non-hydrogen) atoms. The van der Waals surface area contributed by atoms with Crippen LogP contribution in [0.4, 0.5) is 10.1 Å². The molecule has 0 aromatic heterocycles. The minimum Gasteiger partial charge on any atom is -0.496 e. The molecular weight excluding hydrogens is 309 g/mol. The molecular formula is C19H20FNO3. The number of aliphatic imine (C=N–C) groups is 1. The largest absolute Gasteiger partial charge is 0.496 e. The lowest BCUT2D eigenvalue weighted by atomic mass is 9.94. The average Bonchev–Trinajstić information content (AvgIpc) is 2.60. The van der Waals surface area contributed by atoms with Crippen LogP contribution in [-0.2, 0) is 11.2 Å². The van der Waals surface area contributed by atoms with Gasteiger partial charge in [0.05, 0.1) is 31.0 Å². The standard InChI is InChI=1S/C19H20FNO3/c1-5-12-10-14(19(22)24-4)13(11-16(12)21-6-2)18-15(20)8-7-9-17(18)23-3/h6-11H,5H2,1-4H3/b21-6-. The summed E-state index contributed by atoms with van der Waals surface area (Å²) in [6, 6.07) is 7.94.